The van der Waals surface area contributed by atoms with Crippen LogP contribution in [0.3, 0.4) is 0 Å². The van der Waals surface area contributed by atoms with Crippen LogP contribution >= 0.6 is 28.3 Å². The fourth-order valence-corrected chi connectivity index (χ4v) is 18.5. The van der Waals surface area contributed by atoms with E-state index in [1.54, 1.807) is 66.9 Å². The van der Waals surface area contributed by atoms with Crippen molar-refractivity contribution in [1.82, 2.24) is 131 Å². The number of nitrogens with zero attached hydrogens (tertiary/aromatic N) is 25. The number of aromatic nitrogens is 24. The first-order chi connectivity index (χ1) is 71.9. The second-order valence-electron chi connectivity index (χ2n) is 36.0. The number of Topliss-reactive ketones (excluding diaryl/α,β-unsaturated/α-hetero) is 1. The summed E-state index contributed by atoms with van der Waals surface area (Å²) in [7, 11) is 0. The summed E-state index contributed by atoms with van der Waals surface area (Å²) in [5.41, 5.74) is 28.8. The number of carbonyl (C=O) groups is 3. The van der Waals surface area contributed by atoms with Gasteiger partial charge in [0.1, 0.15) is 24.3 Å². The zero-order valence-corrected chi connectivity index (χ0v) is 82.4. The molecule has 25 rings (SSSR count). The van der Waals surface area contributed by atoms with Gasteiger partial charge in [0, 0.05) is 143 Å². The molecular weight excluding hydrogens is 1970 g/mol. The highest BCUT2D eigenvalue weighted by atomic mass is 79.9. The lowest BCUT2D eigenvalue weighted by Crippen LogP contribution is -2.37. The van der Waals surface area contributed by atoms with E-state index >= 15 is 0 Å². The Morgan fingerprint density at radius 1 is 0.419 bits per heavy atom. The number of amidine groups is 1. The Labute approximate surface area is 861 Å². The van der Waals surface area contributed by atoms with Gasteiger partial charge < -0.3 is 71.7 Å². The van der Waals surface area contributed by atoms with E-state index in [0.717, 1.165) is 124 Å². The summed E-state index contributed by atoms with van der Waals surface area (Å²) in [6.45, 7) is 11.2. The smallest absolute Gasteiger partial charge is 0.312 e. The molecule has 0 fully saturated rings. The summed E-state index contributed by atoms with van der Waals surface area (Å²) in [6, 6.07) is 52.7. The van der Waals surface area contributed by atoms with Crippen molar-refractivity contribution in [2.45, 2.75) is 165 Å². The molecule has 0 saturated heterocycles. The minimum atomic E-state index is -1.02. The van der Waals surface area contributed by atoms with Gasteiger partial charge in [-0.1, -0.05) is 166 Å². The number of aromatic amines is 2. The van der Waals surface area contributed by atoms with E-state index in [1.165, 1.54) is 86.1 Å². The minimum Gasteiger partial charge on any atom is -0.481 e. The molecule has 750 valence electrons. The Kier molecular flexibility index (Phi) is 32.7. The largest absolute Gasteiger partial charge is 0.481 e. The number of anilines is 6. The number of hydrogen-bond donors (Lipinski definition) is 12. The molecular formula is C103H101BrClN35O8. The molecule has 0 saturated carbocycles. The highest BCUT2D eigenvalue weighted by Gasteiger charge is 2.31. The molecule has 148 heavy (non-hydrogen) atoms. The highest BCUT2D eigenvalue weighted by Crippen LogP contribution is 2.32. The molecule has 2 aliphatic heterocycles. The highest BCUT2D eigenvalue weighted by molar-refractivity contribution is 9.10. The topological polar surface area (TPSA) is 576 Å². The lowest BCUT2D eigenvalue weighted by Gasteiger charge is -2.24. The van der Waals surface area contributed by atoms with Crippen molar-refractivity contribution in [1.29, 1.82) is 0 Å². The molecule has 0 unspecified atom stereocenters. The van der Waals surface area contributed by atoms with Gasteiger partial charge in [-0.05, 0) is 167 Å². The maximum Gasteiger partial charge on any atom is 0.312 e. The van der Waals surface area contributed by atoms with Gasteiger partial charge in [0.25, 0.3) is 0 Å². The Hall–Kier alpha value is -17.6. The number of hydrogen-bond acceptors (Lipinski definition) is 37. The fourth-order valence-electron chi connectivity index (χ4n) is 18.3. The number of carboxylic acids is 1. The lowest BCUT2D eigenvalue weighted by atomic mass is 10.1. The van der Waals surface area contributed by atoms with E-state index in [0.29, 0.717) is 125 Å². The number of carbonyl (C=O) groups excluding carboxylic acids is 2. The summed E-state index contributed by atoms with van der Waals surface area (Å²) in [5, 5.41) is 76.4. The second-order valence-corrected chi connectivity index (χ2v) is 36.9. The van der Waals surface area contributed by atoms with Gasteiger partial charge in [-0.3, -0.25) is 14.4 Å². The van der Waals surface area contributed by atoms with Gasteiger partial charge in [0.2, 0.25) is 82.4 Å². The van der Waals surface area contributed by atoms with Crippen LogP contribution in [0.4, 0.5) is 41.4 Å². The average Bonchev–Trinajstić information content (AvgIpc) is 1.71. The van der Waals surface area contributed by atoms with Crippen LogP contribution in [0.15, 0.2) is 243 Å². The van der Waals surface area contributed by atoms with Crippen molar-refractivity contribution >= 4 is 93.2 Å². The number of nitrogens with two attached hydrogens (primary N) is 1. The Morgan fingerprint density at radius 3 is 1.02 bits per heavy atom. The first-order valence-electron chi connectivity index (χ1n) is 47.8. The molecule has 6 aromatic carbocycles. The molecule has 45 heteroatoms. The van der Waals surface area contributed by atoms with Crippen LogP contribution < -0.4 is 43.0 Å². The Morgan fingerprint density at radius 2 is 0.709 bits per heavy atom. The summed E-state index contributed by atoms with van der Waals surface area (Å²) in [5.74, 6) is 4.01. The number of benzene rings is 6. The van der Waals surface area contributed by atoms with Crippen molar-refractivity contribution in [3.63, 3.8) is 0 Å². The zero-order chi connectivity index (χ0) is 101. The molecule has 0 spiro atoms. The minimum absolute atomic E-state index is 0. The van der Waals surface area contributed by atoms with E-state index in [-0.39, 0.29) is 78.9 Å². The van der Waals surface area contributed by atoms with Crippen molar-refractivity contribution < 1.29 is 38.3 Å². The zero-order valence-electron chi connectivity index (χ0n) is 80.0. The third-order valence-electron chi connectivity index (χ3n) is 25.4. The SMILES string of the molecule is Brc1cnc(NC2Cc3ccccc3C2)nc1.C1Cc2n[nH]nc2CN1.CC(=O)Cc1nc(-c2cnc(NC3Cc4ccccc4C3)nc2)no1.Cl.N/C(=N\O)c1cnc(NC2Cc3ccccc3C2)nc1.O=C(Cc1nc(-c2cnc(NC3Cc4ccccc4C3)nc2)no1)N1CCc2n[nH]nc2C1.O=C(O)Cc1nc(-c2cnc(NC3Cc4ccccc4C3)nc2)no1.[C-]#[N+]c1cnc(NC2Cc3ccccc3C2)nc1. The van der Waals surface area contributed by atoms with Crippen LogP contribution in [0.1, 0.15) is 120 Å². The lowest BCUT2D eigenvalue weighted by molar-refractivity contribution is -0.136. The quantitative estimate of drug-likeness (QED) is 0.00985. The number of fused-ring (bicyclic) bond motifs is 8. The molecule has 11 aromatic heterocycles. The van der Waals surface area contributed by atoms with E-state index < -0.39 is 5.97 Å². The predicted octanol–water partition coefficient (Wildman–Crippen LogP) is 11.8. The number of ketones is 1. The molecule has 0 bridgehead atoms. The number of amides is 1. The monoisotopic (exact) mass is 2070 g/mol. The number of rotatable bonds is 22. The number of H-pyrrole nitrogens is 2. The molecule has 0 radical (unpaired) electrons. The first-order valence-corrected chi connectivity index (χ1v) is 48.6. The number of aliphatic carboxylic acids is 1. The predicted molar refractivity (Wildman–Crippen MR) is 550 cm³/mol. The molecule has 13 heterocycles. The molecule has 0 atom stereocenters. The van der Waals surface area contributed by atoms with Crippen LogP contribution in [0.25, 0.3) is 39.0 Å². The van der Waals surface area contributed by atoms with Crippen molar-refractivity contribution in [3.05, 3.63) is 349 Å². The van der Waals surface area contributed by atoms with E-state index in [4.69, 9.17) is 36.2 Å². The third kappa shape index (κ3) is 26.7. The van der Waals surface area contributed by atoms with Crippen molar-refractivity contribution in [2.24, 2.45) is 10.9 Å². The van der Waals surface area contributed by atoms with Gasteiger partial charge in [0.05, 0.1) is 63.3 Å². The standard InChI is InChI=1S/C22H21N9O2.C18H17N5O2.C17H15N5O3.C14H15N5O.C14H12N4.C13H12BrN3.C5H8N4.ClH/c32-20(31-6-5-17-18(12-31)28-30-27-17)9-19-26-21(29-33-19)15-10-23-22(24-11-15)25-16-7-13-3-1-2-4-14(13)8-16;1-11(24)6-16-22-17(23-25-16)14-9-19-18(20-10-14)21-15-7-12-4-2-3-5-13(12)8-15;23-15(24)7-14-21-16(22-25-14)12-8-18-17(19-9-12)20-13-5-10-3-1-2-4-11(10)6-13;15-13(19-20)11-7-16-14(17-8-11)18-12-5-9-3-1-2-4-10(9)6-12;1-15-13-8-16-14(17-9-13)18-12-6-10-4-2-3-5-11(10)7-12;14-11-7-15-13(16-8-11)17-12-5-9-3-1-2-4-10(9)6-12;1-2-6-3-5-4(1)7-9-8-5;/h1-4,10-11,16H,5-9,12H2,(H,23,24,25)(H,27,28,30);2-5,9-10,15H,6-8H2,1H3,(H,19,20,21);1-4,8-9,13H,5-7H2,(H,23,24)(H,18,19,20);1-4,7-8,12,20H,5-6H2,(H2,15,19)(H,16,17,18);2-5,8-9,12H,6-7H2,(H,16,17,18);1-4,7-8,12H,5-6H2,(H,15,16,17);6H,1-3H2,(H,7,8,9);1H. The fraction of sp³-hybridized carbons (Fsp3) is 0.272. The molecule has 1 amide bonds. The van der Waals surface area contributed by atoms with Crippen LogP contribution in [0, 0.1) is 6.57 Å². The molecule has 13 N–H and O–H groups in total. The maximum absolute atomic E-state index is 12.6. The van der Waals surface area contributed by atoms with Gasteiger partial charge in [-0.25, -0.2) is 64.7 Å². The van der Waals surface area contributed by atoms with Gasteiger partial charge in [-0.2, -0.15) is 45.8 Å². The van der Waals surface area contributed by atoms with Gasteiger partial charge in [-0.15, -0.1) is 12.4 Å². The maximum atomic E-state index is 12.6. The van der Waals surface area contributed by atoms with Crippen LogP contribution in [0.5, 0.6) is 0 Å². The third-order valence-corrected chi connectivity index (χ3v) is 25.8. The molecule has 6 aliphatic carbocycles. The normalized spacial score (nSPS) is 14.5. The van der Waals surface area contributed by atoms with E-state index in [9.17, 15) is 14.4 Å². The van der Waals surface area contributed by atoms with Crippen molar-refractivity contribution in [2.75, 3.05) is 45.0 Å². The second kappa shape index (κ2) is 48.2. The van der Waals surface area contributed by atoms with E-state index in [2.05, 4.69) is 330 Å². The summed E-state index contributed by atoms with van der Waals surface area (Å²) in [6.07, 6.45) is 32.8. The summed E-state index contributed by atoms with van der Waals surface area (Å²) in [4.78, 5) is 103. The van der Waals surface area contributed by atoms with Crippen LogP contribution in [-0.4, -0.2) is 209 Å². The summed E-state index contributed by atoms with van der Waals surface area (Å²) < 4.78 is 16.1. The first kappa shape index (κ1) is 100. The number of carboxylic acid groups (broad SMARTS) is 1. The molecule has 17 aromatic rings. The number of nitrogens with one attached hydrogen (secondary N) is 9. The number of halogens is 2. The van der Waals surface area contributed by atoms with Crippen LogP contribution in [0.2, 0.25) is 0 Å². The van der Waals surface area contributed by atoms with Crippen molar-refractivity contribution in [3.8, 4) is 34.2 Å². The Balaban J connectivity index is 0.000000115. The molecule has 8 aliphatic rings. The number of oxime groups is 1. The average molecular weight is 2070 g/mol. The van der Waals surface area contributed by atoms with Gasteiger partial charge >= 0.3 is 5.97 Å². The van der Waals surface area contributed by atoms with Crippen LogP contribution in [-0.2, 0) is 137 Å². The molecule has 43 nitrogen and oxygen atoms in total. The van der Waals surface area contributed by atoms with E-state index in [1.807, 2.05) is 0 Å². The summed E-state index contributed by atoms with van der Waals surface area (Å²) >= 11 is 3.33. The van der Waals surface area contributed by atoms with Gasteiger partial charge in [0.15, 0.2) is 5.84 Å². The Bertz CT molecular complexity index is 7140.